The van der Waals surface area contributed by atoms with Gasteiger partial charge in [-0.1, -0.05) is 44.2 Å². The van der Waals surface area contributed by atoms with Gasteiger partial charge in [0.15, 0.2) is 11.5 Å². The van der Waals surface area contributed by atoms with Gasteiger partial charge in [-0.15, -0.1) is 0 Å². The molecule has 0 aromatic heterocycles. The monoisotopic (exact) mass is 601 g/mol. The maximum Gasteiger partial charge on any atom is 0.245 e. The van der Waals surface area contributed by atoms with Crippen LogP contribution in [-0.4, -0.2) is 86.8 Å². The van der Waals surface area contributed by atoms with Gasteiger partial charge < -0.3 is 30.1 Å². The lowest BCUT2D eigenvalue weighted by molar-refractivity contribution is -0.123. The lowest BCUT2D eigenvalue weighted by Gasteiger charge is -2.40. The first-order valence-corrected chi connectivity index (χ1v) is 15.1. The highest BCUT2D eigenvalue weighted by Crippen LogP contribution is 2.37. The number of hydrogen-bond acceptors (Lipinski definition) is 9. The Hall–Kier alpha value is -3.70. The van der Waals surface area contributed by atoms with Gasteiger partial charge in [0, 0.05) is 32.0 Å². The second-order valence-corrected chi connectivity index (χ2v) is 12.7. The fourth-order valence-electron chi connectivity index (χ4n) is 4.53. The number of nitrogens with one attached hydrogen (secondary N) is 2. The van der Waals surface area contributed by atoms with Gasteiger partial charge in [-0.25, -0.2) is 8.42 Å². The highest BCUT2D eigenvalue weighted by Gasteiger charge is 2.43. The largest absolute Gasteiger partial charge is 0.454 e. The third-order valence-corrected chi connectivity index (χ3v) is 8.36. The molecule has 0 fully saturated rings. The molecule has 13 heteroatoms. The Bertz CT molecular complexity index is 1380. The van der Waals surface area contributed by atoms with E-state index in [4.69, 9.17) is 9.47 Å². The number of ether oxygens (including phenoxy) is 2. The molecular formula is C29H39N5O7S. The van der Waals surface area contributed by atoms with Crippen molar-refractivity contribution in [3.05, 3.63) is 54.1 Å². The fraction of sp³-hybridized carbons (Fsp3) is 0.483. The smallest absolute Gasteiger partial charge is 0.245 e. The number of hydrogen-bond donors (Lipinski definition) is 3. The molecule has 2 aromatic rings. The van der Waals surface area contributed by atoms with Gasteiger partial charge in [0.2, 0.25) is 28.6 Å². The number of carbonyl (C=O) groups excluding carboxylic acids is 2. The van der Waals surface area contributed by atoms with Crippen molar-refractivity contribution in [2.24, 2.45) is 5.92 Å². The van der Waals surface area contributed by atoms with Crippen molar-refractivity contribution in [3.63, 3.8) is 0 Å². The molecule has 2 atom stereocenters. The van der Waals surface area contributed by atoms with Crippen LogP contribution in [0.25, 0.3) is 0 Å². The third kappa shape index (κ3) is 8.90. The molecule has 1 aliphatic rings. The number of amides is 2. The molecule has 1 aliphatic heterocycles. The van der Waals surface area contributed by atoms with E-state index >= 15 is 0 Å². The molecule has 0 bridgehead atoms. The number of likely N-dealkylation sites (N-methyl/N-ethyl adjacent to an activating group) is 1. The van der Waals surface area contributed by atoms with Gasteiger partial charge in [0.05, 0.1) is 23.9 Å². The maximum absolute atomic E-state index is 14.1. The van der Waals surface area contributed by atoms with E-state index in [0.29, 0.717) is 17.1 Å². The Balaban J connectivity index is 1.83. The minimum Gasteiger partial charge on any atom is -0.454 e. The molecule has 2 aromatic carbocycles. The van der Waals surface area contributed by atoms with Crippen molar-refractivity contribution >= 4 is 21.8 Å². The number of fused-ring (bicyclic) bond motifs is 1. The highest BCUT2D eigenvalue weighted by molar-refractivity contribution is 7.89. The van der Waals surface area contributed by atoms with Crippen LogP contribution in [0.3, 0.4) is 0 Å². The number of carbonyl (C=O) groups is 2. The van der Waals surface area contributed by atoms with Crippen molar-refractivity contribution < 1.29 is 32.6 Å². The van der Waals surface area contributed by atoms with Crippen LogP contribution in [0.15, 0.2) is 53.4 Å². The minimum absolute atomic E-state index is 0.00245. The zero-order valence-corrected chi connectivity index (χ0v) is 25.2. The summed E-state index contributed by atoms with van der Waals surface area (Å²) in [6, 6.07) is 14.2. The summed E-state index contributed by atoms with van der Waals surface area (Å²) in [6.07, 6.45) is -0.478. The second-order valence-electron chi connectivity index (χ2n) is 10.9. The van der Waals surface area contributed by atoms with Crippen LogP contribution in [0.2, 0.25) is 0 Å². The van der Waals surface area contributed by atoms with E-state index in [1.807, 2.05) is 26.0 Å². The Kier molecular flexibility index (Phi) is 11.3. The Morgan fingerprint density at radius 2 is 1.79 bits per heavy atom. The molecule has 0 saturated carbocycles. The van der Waals surface area contributed by atoms with E-state index in [9.17, 15) is 28.4 Å². The summed E-state index contributed by atoms with van der Waals surface area (Å²) in [5.74, 6) is -0.338. The summed E-state index contributed by atoms with van der Waals surface area (Å²) in [6.45, 7) is 3.66. The number of rotatable bonds is 15. The van der Waals surface area contributed by atoms with Crippen LogP contribution in [0.4, 0.5) is 0 Å². The van der Waals surface area contributed by atoms with Gasteiger partial charge in [-0.3, -0.25) is 9.59 Å². The number of aliphatic hydroxyl groups is 1. The van der Waals surface area contributed by atoms with E-state index in [1.54, 1.807) is 43.3 Å². The van der Waals surface area contributed by atoms with Gasteiger partial charge in [-0.05, 0) is 37.7 Å². The molecule has 3 N–H and O–H groups in total. The highest BCUT2D eigenvalue weighted by atomic mass is 32.2. The molecule has 3 rings (SSSR count). The zero-order valence-electron chi connectivity index (χ0n) is 24.4. The number of sulfonamides is 1. The molecule has 12 nitrogen and oxygen atoms in total. The third-order valence-electron chi connectivity index (χ3n) is 6.45. The molecule has 0 aliphatic carbocycles. The van der Waals surface area contributed by atoms with Gasteiger partial charge in [0.1, 0.15) is 11.8 Å². The topological polar surface area (TPSA) is 161 Å². The lowest BCUT2D eigenvalue weighted by atomic mass is 9.98. The molecule has 2 unspecified atom stereocenters. The maximum atomic E-state index is 14.1. The first-order chi connectivity index (χ1) is 19.8. The van der Waals surface area contributed by atoms with E-state index < -0.39 is 33.6 Å². The average Bonchev–Trinajstić information content (AvgIpc) is 3.39. The Morgan fingerprint density at radius 1 is 1.10 bits per heavy atom. The van der Waals surface area contributed by atoms with Crippen molar-refractivity contribution in [2.45, 2.75) is 49.8 Å². The van der Waals surface area contributed by atoms with Crippen LogP contribution < -0.4 is 20.1 Å². The number of benzene rings is 2. The fourth-order valence-corrected chi connectivity index (χ4v) is 6.38. The molecule has 228 valence electrons. The van der Waals surface area contributed by atoms with Gasteiger partial charge in [-0.2, -0.15) is 9.57 Å². The summed E-state index contributed by atoms with van der Waals surface area (Å²) in [5.41, 5.74) is -1.23. The van der Waals surface area contributed by atoms with E-state index in [2.05, 4.69) is 10.6 Å². The molecule has 0 radical (unpaired) electrons. The van der Waals surface area contributed by atoms with Crippen LogP contribution in [-0.2, 0) is 26.0 Å². The number of nitriles is 1. The van der Waals surface area contributed by atoms with Gasteiger partial charge >= 0.3 is 0 Å². The average molecular weight is 602 g/mol. The molecule has 0 saturated heterocycles. The second kappa shape index (κ2) is 14.5. The van der Waals surface area contributed by atoms with Crippen LogP contribution in [0, 0.1) is 17.2 Å². The minimum atomic E-state index is -4.25. The van der Waals surface area contributed by atoms with E-state index in [1.165, 1.54) is 18.2 Å². The Morgan fingerprint density at radius 3 is 2.43 bits per heavy atom. The van der Waals surface area contributed by atoms with Gasteiger partial charge in [0.25, 0.3) is 0 Å². The summed E-state index contributed by atoms with van der Waals surface area (Å²) in [4.78, 5) is 26.3. The van der Waals surface area contributed by atoms with Crippen molar-refractivity contribution in [1.29, 1.82) is 5.26 Å². The van der Waals surface area contributed by atoms with E-state index in [-0.39, 0.29) is 56.5 Å². The lowest BCUT2D eigenvalue weighted by Crippen LogP contribution is -2.56. The zero-order chi connectivity index (χ0) is 30.9. The normalized spacial score (nSPS) is 14.8. The summed E-state index contributed by atoms with van der Waals surface area (Å²) < 4.78 is 39.9. The molecular weight excluding hydrogens is 562 g/mol. The van der Waals surface area contributed by atoms with Crippen LogP contribution in [0.1, 0.15) is 32.3 Å². The quantitative estimate of drug-likeness (QED) is 0.257. The van der Waals surface area contributed by atoms with E-state index in [0.717, 1.165) is 4.31 Å². The molecule has 0 spiro atoms. The summed E-state index contributed by atoms with van der Waals surface area (Å²) in [7, 11) is -0.836. The molecule has 1 heterocycles. The molecule has 2 amide bonds. The van der Waals surface area contributed by atoms with Crippen molar-refractivity contribution in [2.75, 3.05) is 40.5 Å². The number of nitrogens with zero attached hydrogens (tertiary/aromatic N) is 3. The first-order valence-electron chi connectivity index (χ1n) is 13.6. The summed E-state index contributed by atoms with van der Waals surface area (Å²) in [5, 5.41) is 26.7. The first kappa shape index (κ1) is 32.8. The predicted molar refractivity (Wildman–Crippen MR) is 155 cm³/mol. The Labute approximate surface area is 247 Å². The molecule has 42 heavy (non-hydrogen) atoms. The van der Waals surface area contributed by atoms with Crippen molar-refractivity contribution in [3.8, 4) is 17.6 Å². The van der Waals surface area contributed by atoms with Crippen LogP contribution in [0.5, 0.6) is 11.5 Å². The van der Waals surface area contributed by atoms with Crippen LogP contribution >= 0.6 is 0 Å². The van der Waals surface area contributed by atoms with Crippen molar-refractivity contribution in [1.82, 2.24) is 19.8 Å². The standard InChI is InChI=1S/C29H39N5O7S/c1-21(2)18-34(42(38,39)24-10-11-25-26(15-24)41-20-40-25)29(37,16-22-8-6-5-7-9-22)12-13-31-27(35)14-23(17-30)32-28(36)19-33(3)4/h5-11,15,21,23,37H,12-14,16,18-20H2,1-4H3,(H,31,35)(H,32,36). The summed E-state index contributed by atoms with van der Waals surface area (Å²) >= 11 is 0. The SMILES string of the molecule is CC(C)CN(C(O)(CCNC(=O)CC(C#N)NC(=O)CN(C)C)Cc1ccccc1)S(=O)(=O)c1ccc2c(c1)OCO2. The predicted octanol–water partition coefficient (Wildman–Crippen LogP) is 1.46.